The molecule has 0 saturated carbocycles. The summed E-state index contributed by atoms with van der Waals surface area (Å²) in [5, 5.41) is 3.76. The summed E-state index contributed by atoms with van der Waals surface area (Å²) in [7, 11) is 0. The van der Waals surface area contributed by atoms with Crippen molar-refractivity contribution in [2.24, 2.45) is 0 Å². The molecule has 1 unspecified atom stereocenters. The van der Waals surface area contributed by atoms with Gasteiger partial charge < -0.3 is 10.1 Å². The number of rotatable bonds is 7. The molecule has 4 heteroatoms. The van der Waals surface area contributed by atoms with Crippen LogP contribution in [-0.2, 0) is 4.74 Å². The summed E-state index contributed by atoms with van der Waals surface area (Å²) in [4.78, 5) is 11.8. The van der Waals surface area contributed by atoms with Gasteiger partial charge in [0, 0.05) is 6.04 Å². The minimum Gasteiger partial charge on any atom is -0.460 e. The van der Waals surface area contributed by atoms with Crippen molar-refractivity contribution < 1.29 is 9.53 Å². The van der Waals surface area contributed by atoms with E-state index in [0.717, 1.165) is 19.4 Å². The average molecular weight is 270 g/mol. The van der Waals surface area contributed by atoms with Crippen LogP contribution in [-0.4, -0.2) is 25.2 Å². The zero-order valence-electron chi connectivity index (χ0n) is 10.9. The third-order valence-corrected chi connectivity index (χ3v) is 3.01. The molecule has 0 aromatic heterocycles. The molecule has 0 heterocycles. The van der Waals surface area contributed by atoms with E-state index in [1.54, 1.807) is 24.3 Å². The fourth-order valence-corrected chi connectivity index (χ4v) is 1.76. The van der Waals surface area contributed by atoms with Crippen LogP contribution in [0.15, 0.2) is 24.3 Å². The first-order chi connectivity index (χ1) is 8.69. The maximum Gasteiger partial charge on any atom is 0.339 e. The van der Waals surface area contributed by atoms with Gasteiger partial charge in [0.1, 0.15) is 6.61 Å². The van der Waals surface area contributed by atoms with Crippen LogP contribution in [0, 0.1) is 0 Å². The van der Waals surface area contributed by atoms with Crippen molar-refractivity contribution in [1.29, 1.82) is 0 Å². The van der Waals surface area contributed by atoms with Gasteiger partial charge in [0.2, 0.25) is 0 Å². The van der Waals surface area contributed by atoms with Crippen LogP contribution in [0.2, 0.25) is 5.02 Å². The SMILES string of the molecule is CCCNC(CC)COC(=O)c1ccccc1Cl. The van der Waals surface area contributed by atoms with E-state index in [1.165, 1.54) is 0 Å². The molecule has 1 rings (SSSR count). The Morgan fingerprint density at radius 2 is 2.11 bits per heavy atom. The lowest BCUT2D eigenvalue weighted by Gasteiger charge is -2.16. The van der Waals surface area contributed by atoms with Crippen LogP contribution >= 0.6 is 11.6 Å². The molecule has 0 amide bonds. The Hall–Kier alpha value is -1.06. The normalized spacial score (nSPS) is 12.2. The van der Waals surface area contributed by atoms with E-state index in [-0.39, 0.29) is 12.0 Å². The van der Waals surface area contributed by atoms with Crippen molar-refractivity contribution in [3.63, 3.8) is 0 Å². The van der Waals surface area contributed by atoms with Crippen molar-refractivity contribution in [1.82, 2.24) is 5.32 Å². The molecule has 1 aromatic rings. The second kappa shape index (κ2) is 8.11. The van der Waals surface area contributed by atoms with E-state index in [0.29, 0.717) is 17.2 Å². The fraction of sp³-hybridized carbons (Fsp3) is 0.500. The minimum atomic E-state index is -0.364. The Morgan fingerprint density at radius 1 is 1.39 bits per heavy atom. The van der Waals surface area contributed by atoms with Crippen LogP contribution < -0.4 is 5.32 Å². The third-order valence-electron chi connectivity index (χ3n) is 2.69. The molecule has 100 valence electrons. The molecule has 1 atom stereocenters. The lowest BCUT2D eigenvalue weighted by molar-refractivity contribution is 0.0463. The predicted molar refractivity (Wildman–Crippen MR) is 74.1 cm³/mol. The molecule has 0 radical (unpaired) electrons. The van der Waals surface area contributed by atoms with E-state index < -0.39 is 0 Å². The standard InChI is InChI=1S/C14H20ClNO2/c1-3-9-16-11(4-2)10-18-14(17)12-7-5-6-8-13(12)15/h5-8,11,16H,3-4,9-10H2,1-2H3. The molecule has 18 heavy (non-hydrogen) atoms. The summed E-state index contributed by atoms with van der Waals surface area (Å²) in [5.41, 5.74) is 0.421. The third kappa shape index (κ3) is 4.67. The van der Waals surface area contributed by atoms with Gasteiger partial charge >= 0.3 is 5.97 Å². The molecule has 0 aliphatic carbocycles. The second-order valence-electron chi connectivity index (χ2n) is 4.14. The Bertz CT molecular complexity index is 382. The van der Waals surface area contributed by atoms with Gasteiger partial charge in [0.15, 0.2) is 0 Å². The first-order valence-corrected chi connectivity index (χ1v) is 6.71. The average Bonchev–Trinajstić information content (AvgIpc) is 2.39. The number of hydrogen-bond donors (Lipinski definition) is 1. The summed E-state index contributed by atoms with van der Waals surface area (Å²) in [6.07, 6.45) is 1.99. The largest absolute Gasteiger partial charge is 0.460 e. The highest BCUT2D eigenvalue weighted by atomic mass is 35.5. The topological polar surface area (TPSA) is 38.3 Å². The van der Waals surface area contributed by atoms with Gasteiger partial charge in [-0.2, -0.15) is 0 Å². The maximum atomic E-state index is 11.8. The van der Waals surface area contributed by atoms with Crippen LogP contribution in [0.25, 0.3) is 0 Å². The van der Waals surface area contributed by atoms with E-state index in [4.69, 9.17) is 16.3 Å². The van der Waals surface area contributed by atoms with Crippen molar-refractivity contribution in [2.45, 2.75) is 32.7 Å². The lowest BCUT2D eigenvalue weighted by atomic mass is 10.2. The van der Waals surface area contributed by atoms with E-state index >= 15 is 0 Å². The number of carbonyl (C=O) groups is 1. The van der Waals surface area contributed by atoms with Crippen molar-refractivity contribution >= 4 is 17.6 Å². The quantitative estimate of drug-likeness (QED) is 0.772. The molecule has 0 fully saturated rings. The minimum absolute atomic E-state index is 0.205. The maximum absolute atomic E-state index is 11.8. The Balaban J connectivity index is 2.47. The monoisotopic (exact) mass is 269 g/mol. The summed E-state index contributed by atoms with van der Waals surface area (Å²) >= 11 is 5.94. The number of esters is 1. The number of benzene rings is 1. The van der Waals surface area contributed by atoms with E-state index in [1.807, 2.05) is 0 Å². The van der Waals surface area contributed by atoms with Gasteiger partial charge in [-0.1, -0.05) is 37.6 Å². The van der Waals surface area contributed by atoms with Gasteiger partial charge in [-0.15, -0.1) is 0 Å². The first-order valence-electron chi connectivity index (χ1n) is 6.34. The number of hydrogen-bond acceptors (Lipinski definition) is 3. The second-order valence-corrected chi connectivity index (χ2v) is 4.54. The van der Waals surface area contributed by atoms with Crippen molar-refractivity contribution in [3.8, 4) is 0 Å². The highest BCUT2D eigenvalue weighted by molar-refractivity contribution is 6.33. The Labute approximate surface area is 113 Å². The zero-order chi connectivity index (χ0) is 13.4. The molecule has 0 aliphatic heterocycles. The smallest absolute Gasteiger partial charge is 0.339 e. The van der Waals surface area contributed by atoms with Crippen LogP contribution in [0.5, 0.6) is 0 Å². The number of halogens is 1. The molecular weight excluding hydrogens is 250 g/mol. The molecule has 0 spiro atoms. The molecule has 1 N–H and O–H groups in total. The van der Waals surface area contributed by atoms with Gasteiger partial charge in [0.05, 0.1) is 10.6 Å². The molecular formula is C14H20ClNO2. The van der Waals surface area contributed by atoms with Crippen molar-refractivity contribution in [3.05, 3.63) is 34.9 Å². The van der Waals surface area contributed by atoms with Gasteiger partial charge in [-0.05, 0) is 31.5 Å². The summed E-state index contributed by atoms with van der Waals surface area (Å²) in [5.74, 6) is -0.364. The zero-order valence-corrected chi connectivity index (χ0v) is 11.7. The Kier molecular flexibility index (Phi) is 6.76. The van der Waals surface area contributed by atoms with Gasteiger partial charge in [-0.3, -0.25) is 0 Å². The van der Waals surface area contributed by atoms with Crippen molar-refractivity contribution in [2.75, 3.05) is 13.2 Å². The fourth-order valence-electron chi connectivity index (χ4n) is 1.55. The first kappa shape index (κ1) is 15.0. The lowest BCUT2D eigenvalue weighted by Crippen LogP contribution is -2.34. The highest BCUT2D eigenvalue weighted by Gasteiger charge is 2.13. The molecule has 0 aliphatic rings. The van der Waals surface area contributed by atoms with Gasteiger partial charge in [0.25, 0.3) is 0 Å². The van der Waals surface area contributed by atoms with Gasteiger partial charge in [-0.25, -0.2) is 4.79 Å². The summed E-state index contributed by atoms with van der Waals surface area (Å²) in [6, 6.07) is 7.12. The van der Waals surface area contributed by atoms with E-state index in [2.05, 4.69) is 19.2 Å². The van der Waals surface area contributed by atoms with Crippen LogP contribution in [0.3, 0.4) is 0 Å². The highest BCUT2D eigenvalue weighted by Crippen LogP contribution is 2.15. The number of ether oxygens (including phenoxy) is 1. The summed E-state index contributed by atoms with van der Waals surface area (Å²) in [6.45, 7) is 5.48. The molecule has 3 nitrogen and oxygen atoms in total. The molecule has 0 saturated heterocycles. The number of nitrogens with one attached hydrogen (secondary N) is 1. The van der Waals surface area contributed by atoms with Crippen LogP contribution in [0.4, 0.5) is 0 Å². The molecule has 1 aromatic carbocycles. The summed E-state index contributed by atoms with van der Waals surface area (Å²) < 4.78 is 5.27. The Morgan fingerprint density at radius 3 is 2.72 bits per heavy atom. The predicted octanol–water partition coefficient (Wildman–Crippen LogP) is 3.28. The number of carbonyl (C=O) groups excluding carboxylic acids is 1. The van der Waals surface area contributed by atoms with Crippen LogP contribution in [0.1, 0.15) is 37.0 Å². The van der Waals surface area contributed by atoms with E-state index in [9.17, 15) is 4.79 Å². The molecule has 0 bridgehead atoms.